The average molecular weight is 392 g/mol. The Morgan fingerprint density at radius 3 is 2.79 bits per heavy atom. The Labute approximate surface area is 167 Å². The van der Waals surface area contributed by atoms with Crippen molar-refractivity contribution in [2.24, 2.45) is 0 Å². The molecule has 4 rings (SSSR count). The number of aromatic nitrogens is 2. The van der Waals surface area contributed by atoms with Gasteiger partial charge in [-0.3, -0.25) is 9.59 Å². The van der Waals surface area contributed by atoms with Gasteiger partial charge in [-0.25, -0.2) is 4.98 Å². The van der Waals surface area contributed by atoms with Gasteiger partial charge in [0.15, 0.2) is 0 Å². The van der Waals surface area contributed by atoms with E-state index < -0.39 is 0 Å². The lowest BCUT2D eigenvalue weighted by atomic mass is 10.1. The van der Waals surface area contributed by atoms with E-state index in [1.807, 2.05) is 29.0 Å². The minimum absolute atomic E-state index is 0.0143. The number of anilines is 1. The maximum absolute atomic E-state index is 12.5. The van der Waals surface area contributed by atoms with Gasteiger partial charge in [0.1, 0.15) is 0 Å². The standard InChI is InChI=1S/C21H20N4O2S/c26-20-7-10-28-19-6-5-17(11-18(19)24-20)21(27)23-12-15-1-3-16(4-2-15)13-25-9-8-22-14-25/h1-6,8-9,11,14H,7,10,12-13H2,(H,23,27)(H,24,26). The normalized spacial score (nSPS) is 13.4. The van der Waals surface area contributed by atoms with E-state index in [4.69, 9.17) is 0 Å². The van der Waals surface area contributed by atoms with Crippen LogP contribution < -0.4 is 10.6 Å². The minimum atomic E-state index is -0.159. The fourth-order valence-corrected chi connectivity index (χ4v) is 3.94. The topological polar surface area (TPSA) is 76.0 Å². The number of amides is 2. The van der Waals surface area contributed by atoms with Crippen LogP contribution in [0, 0.1) is 0 Å². The van der Waals surface area contributed by atoms with E-state index in [1.165, 1.54) is 5.56 Å². The van der Waals surface area contributed by atoms with Crippen molar-refractivity contribution in [2.45, 2.75) is 24.4 Å². The van der Waals surface area contributed by atoms with Crippen molar-refractivity contribution in [3.05, 3.63) is 77.9 Å². The second-order valence-corrected chi connectivity index (χ2v) is 7.73. The predicted octanol–water partition coefficient (Wildman–Crippen LogP) is 3.30. The second-order valence-electron chi connectivity index (χ2n) is 6.59. The SMILES string of the molecule is O=C1CCSc2ccc(C(=O)NCc3ccc(Cn4ccnc4)cc3)cc2N1. The number of nitrogens with zero attached hydrogens (tertiary/aromatic N) is 2. The fourth-order valence-electron chi connectivity index (χ4n) is 3.00. The molecule has 0 spiro atoms. The van der Waals surface area contributed by atoms with E-state index >= 15 is 0 Å². The van der Waals surface area contributed by atoms with Crippen LogP contribution in [0.5, 0.6) is 0 Å². The van der Waals surface area contributed by atoms with Crippen molar-refractivity contribution in [3.8, 4) is 0 Å². The molecule has 0 unspecified atom stereocenters. The lowest BCUT2D eigenvalue weighted by molar-refractivity contribution is -0.115. The lowest BCUT2D eigenvalue weighted by Gasteiger charge is -2.10. The quantitative estimate of drug-likeness (QED) is 0.699. The molecule has 0 saturated heterocycles. The van der Waals surface area contributed by atoms with Crippen LogP contribution in [0.2, 0.25) is 0 Å². The molecule has 0 atom stereocenters. The summed E-state index contributed by atoms with van der Waals surface area (Å²) in [5.74, 6) is 0.578. The number of carbonyl (C=O) groups is 2. The molecular formula is C21H20N4O2S. The van der Waals surface area contributed by atoms with Gasteiger partial charge in [0.25, 0.3) is 5.91 Å². The molecule has 1 aliphatic heterocycles. The Bertz CT molecular complexity index is 984. The third-order valence-corrected chi connectivity index (χ3v) is 5.58. The molecule has 2 amide bonds. The molecule has 0 saturated carbocycles. The number of carbonyl (C=O) groups excluding carboxylic acids is 2. The van der Waals surface area contributed by atoms with Crippen molar-refractivity contribution in [3.63, 3.8) is 0 Å². The van der Waals surface area contributed by atoms with Crippen molar-refractivity contribution >= 4 is 29.3 Å². The average Bonchev–Trinajstić information content (AvgIpc) is 3.13. The van der Waals surface area contributed by atoms with Crippen LogP contribution in [0.3, 0.4) is 0 Å². The summed E-state index contributed by atoms with van der Waals surface area (Å²) in [7, 11) is 0. The van der Waals surface area contributed by atoms with Gasteiger partial charge in [0, 0.05) is 48.1 Å². The minimum Gasteiger partial charge on any atom is -0.348 e. The van der Waals surface area contributed by atoms with Gasteiger partial charge in [-0.2, -0.15) is 0 Å². The first kappa shape index (κ1) is 18.3. The molecule has 3 aromatic rings. The molecule has 2 aromatic carbocycles. The summed E-state index contributed by atoms with van der Waals surface area (Å²) in [6.45, 7) is 1.22. The van der Waals surface area contributed by atoms with Crippen LogP contribution in [0.1, 0.15) is 27.9 Å². The molecule has 0 bridgehead atoms. The first-order valence-electron chi connectivity index (χ1n) is 9.06. The predicted molar refractivity (Wildman–Crippen MR) is 109 cm³/mol. The highest BCUT2D eigenvalue weighted by molar-refractivity contribution is 7.99. The van der Waals surface area contributed by atoms with Crippen LogP contribution in [-0.4, -0.2) is 27.1 Å². The number of benzene rings is 2. The van der Waals surface area contributed by atoms with Crippen LogP contribution in [-0.2, 0) is 17.9 Å². The van der Waals surface area contributed by atoms with E-state index in [0.29, 0.717) is 24.2 Å². The van der Waals surface area contributed by atoms with Gasteiger partial charge in [0.05, 0.1) is 12.0 Å². The summed E-state index contributed by atoms with van der Waals surface area (Å²) in [6, 6.07) is 13.6. The zero-order valence-corrected chi connectivity index (χ0v) is 16.0. The molecular weight excluding hydrogens is 372 g/mol. The molecule has 2 heterocycles. The molecule has 0 aliphatic carbocycles. The smallest absolute Gasteiger partial charge is 0.251 e. The van der Waals surface area contributed by atoms with Gasteiger partial charge < -0.3 is 15.2 Å². The maximum atomic E-state index is 12.5. The molecule has 0 radical (unpaired) electrons. The molecule has 0 fully saturated rings. The number of hydrogen-bond acceptors (Lipinski definition) is 4. The Kier molecular flexibility index (Phi) is 5.43. The van der Waals surface area contributed by atoms with E-state index in [0.717, 1.165) is 22.8 Å². The number of rotatable bonds is 5. The summed E-state index contributed by atoms with van der Waals surface area (Å²) in [6.07, 6.45) is 5.96. The summed E-state index contributed by atoms with van der Waals surface area (Å²) < 4.78 is 2.01. The highest BCUT2D eigenvalue weighted by Crippen LogP contribution is 2.31. The van der Waals surface area contributed by atoms with Crippen LogP contribution in [0.25, 0.3) is 0 Å². The van der Waals surface area contributed by atoms with E-state index in [2.05, 4.69) is 27.8 Å². The van der Waals surface area contributed by atoms with E-state index in [1.54, 1.807) is 36.4 Å². The number of hydrogen-bond donors (Lipinski definition) is 2. The third-order valence-electron chi connectivity index (χ3n) is 4.50. The number of fused-ring (bicyclic) bond motifs is 1. The van der Waals surface area contributed by atoms with Gasteiger partial charge >= 0.3 is 0 Å². The Morgan fingerprint density at radius 2 is 2.00 bits per heavy atom. The molecule has 2 N–H and O–H groups in total. The number of nitrogens with one attached hydrogen (secondary N) is 2. The zero-order valence-electron chi connectivity index (χ0n) is 15.2. The third kappa shape index (κ3) is 4.43. The molecule has 1 aliphatic rings. The molecule has 1 aromatic heterocycles. The monoisotopic (exact) mass is 392 g/mol. The van der Waals surface area contributed by atoms with Gasteiger partial charge in [-0.15, -0.1) is 11.8 Å². The fraction of sp³-hybridized carbons (Fsp3) is 0.190. The largest absolute Gasteiger partial charge is 0.348 e. The van der Waals surface area contributed by atoms with Crippen molar-refractivity contribution in [1.82, 2.24) is 14.9 Å². The molecule has 7 heteroatoms. The molecule has 6 nitrogen and oxygen atoms in total. The summed E-state index contributed by atoms with van der Waals surface area (Å²) in [5, 5.41) is 5.81. The van der Waals surface area contributed by atoms with Crippen LogP contribution in [0.15, 0.2) is 66.1 Å². The lowest BCUT2D eigenvalue weighted by Crippen LogP contribution is -2.23. The highest BCUT2D eigenvalue weighted by atomic mass is 32.2. The number of imidazole rings is 1. The second kappa shape index (κ2) is 8.31. The van der Waals surface area contributed by atoms with Crippen LogP contribution in [0.4, 0.5) is 5.69 Å². The summed E-state index contributed by atoms with van der Waals surface area (Å²) in [4.78, 5) is 29.3. The van der Waals surface area contributed by atoms with Crippen LogP contribution >= 0.6 is 11.8 Å². The summed E-state index contributed by atoms with van der Waals surface area (Å²) >= 11 is 1.63. The molecule has 28 heavy (non-hydrogen) atoms. The summed E-state index contributed by atoms with van der Waals surface area (Å²) in [5.41, 5.74) is 3.45. The van der Waals surface area contributed by atoms with Crippen molar-refractivity contribution in [2.75, 3.05) is 11.1 Å². The zero-order chi connectivity index (χ0) is 19.3. The maximum Gasteiger partial charge on any atom is 0.251 e. The Balaban J connectivity index is 1.37. The van der Waals surface area contributed by atoms with Gasteiger partial charge in [-0.1, -0.05) is 24.3 Å². The molecule has 142 valence electrons. The highest BCUT2D eigenvalue weighted by Gasteiger charge is 2.15. The first-order chi connectivity index (χ1) is 13.7. The van der Waals surface area contributed by atoms with Gasteiger partial charge in [0.2, 0.25) is 5.91 Å². The first-order valence-corrected chi connectivity index (χ1v) is 10.0. The number of thioether (sulfide) groups is 1. The van der Waals surface area contributed by atoms with E-state index in [-0.39, 0.29) is 11.8 Å². The Hall–Kier alpha value is -3.06. The van der Waals surface area contributed by atoms with Crippen molar-refractivity contribution in [1.29, 1.82) is 0 Å². The van der Waals surface area contributed by atoms with Gasteiger partial charge in [-0.05, 0) is 29.3 Å². The van der Waals surface area contributed by atoms with E-state index in [9.17, 15) is 9.59 Å². The Morgan fingerprint density at radius 1 is 1.18 bits per heavy atom. The van der Waals surface area contributed by atoms with Crippen molar-refractivity contribution < 1.29 is 9.59 Å².